The van der Waals surface area contributed by atoms with Crippen LogP contribution in [0.3, 0.4) is 0 Å². The van der Waals surface area contributed by atoms with Gasteiger partial charge in [-0.2, -0.15) is 0 Å². The minimum Gasteiger partial charge on any atom is -0.486 e. The van der Waals surface area contributed by atoms with Gasteiger partial charge in [0, 0.05) is 29.9 Å². The Kier molecular flexibility index (Phi) is 4.23. The molecule has 0 bridgehead atoms. The molecular formula is C18H18N2O3S. The van der Waals surface area contributed by atoms with Crippen LogP contribution >= 0.6 is 11.3 Å². The molecule has 1 aliphatic heterocycles. The predicted octanol–water partition coefficient (Wildman–Crippen LogP) is 3.77. The van der Waals surface area contributed by atoms with Gasteiger partial charge in [-0.25, -0.2) is 4.98 Å². The zero-order valence-electron chi connectivity index (χ0n) is 13.3. The molecule has 2 aromatic heterocycles. The summed E-state index contributed by atoms with van der Waals surface area (Å²) in [6, 6.07) is 10.1. The molecule has 0 radical (unpaired) electrons. The average Bonchev–Trinajstić information content (AvgIpc) is 3.31. The van der Waals surface area contributed by atoms with Crippen LogP contribution < -0.4 is 9.47 Å². The fourth-order valence-electron chi connectivity index (χ4n) is 2.83. The molecule has 5 nitrogen and oxygen atoms in total. The van der Waals surface area contributed by atoms with E-state index in [1.165, 1.54) is 4.88 Å². The summed E-state index contributed by atoms with van der Waals surface area (Å²) in [6.45, 7) is 1.88. The van der Waals surface area contributed by atoms with Crippen LogP contribution in [0.4, 0.5) is 0 Å². The van der Waals surface area contributed by atoms with Crippen LogP contribution in [0.2, 0.25) is 0 Å². The molecule has 1 atom stereocenters. The Morgan fingerprint density at radius 3 is 2.92 bits per heavy atom. The van der Waals surface area contributed by atoms with Gasteiger partial charge in [0.1, 0.15) is 25.1 Å². The largest absolute Gasteiger partial charge is 0.486 e. The van der Waals surface area contributed by atoms with Gasteiger partial charge in [0.25, 0.3) is 0 Å². The molecule has 1 aliphatic rings. The second kappa shape index (κ2) is 6.67. The van der Waals surface area contributed by atoms with Crippen LogP contribution in [0.5, 0.6) is 11.5 Å². The van der Waals surface area contributed by atoms with E-state index in [4.69, 9.17) is 14.2 Å². The fraction of sp³-hybridized carbons (Fsp3) is 0.278. The standard InChI is InChI=1S/C18H18N2O3S/c1-21-16(17-3-2-10-24-17)12-20-7-6-19-18(20)13-4-5-14-15(11-13)23-9-8-22-14/h2-7,10-11,16H,8-9,12H2,1H3. The number of thiophene rings is 1. The lowest BCUT2D eigenvalue weighted by atomic mass is 10.1. The first-order valence-corrected chi connectivity index (χ1v) is 8.70. The topological polar surface area (TPSA) is 45.5 Å². The zero-order chi connectivity index (χ0) is 16.4. The van der Waals surface area contributed by atoms with E-state index in [9.17, 15) is 0 Å². The molecule has 124 valence electrons. The molecule has 0 N–H and O–H groups in total. The number of benzene rings is 1. The van der Waals surface area contributed by atoms with Crippen molar-refractivity contribution in [1.82, 2.24) is 9.55 Å². The zero-order valence-corrected chi connectivity index (χ0v) is 14.2. The molecule has 3 aromatic rings. The van der Waals surface area contributed by atoms with E-state index in [1.54, 1.807) is 18.4 Å². The highest BCUT2D eigenvalue weighted by molar-refractivity contribution is 7.10. The molecule has 0 fully saturated rings. The quantitative estimate of drug-likeness (QED) is 0.708. The molecule has 0 saturated carbocycles. The van der Waals surface area contributed by atoms with Crippen molar-refractivity contribution in [3.63, 3.8) is 0 Å². The van der Waals surface area contributed by atoms with Crippen LogP contribution in [0.15, 0.2) is 48.1 Å². The second-order valence-corrected chi connectivity index (χ2v) is 6.48. The third kappa shape index (κ3) is 2.90. The molecule has 1 unspecified atom stereocenters. The van der Waals surface area contributed by atoms with Gasteiger partial charge in [-0.15, -0.1) is 11.3 Å². The van der Waals surface area contributed by atoms with Gasteiger partial charge in [0.15, 0.2) is 11.5 Å². The summed E-state index contributed by atoms with van der Waals surface area (Å²) in [7, 11) is 1.74. The molecular weight excluding hydrogens is 324 g/mol. The van der Waals surface area contributed by atoms with Crippen LogP contribution in [-0.4, -0.2) is 29.9 Å². The van der Waals surface area contributed by atoms with E-state index in [-0.39, 0.29) is 6.10 Å². The van der Waals surface area contributed by atoms with E-state index in [1.807, 2.05) is 36.7 Å². The summed E-state index contributed by atoms with van der Waals surface area (Å²) in [5, 5.41) is 2.07. The number of fused-ring (bicyclic) bond motifs is 1. The molecule has 0 amide bonds. The lowest BCUT2D eigenvalue weighted by Crippen LogP contribution is -2.15. The van der Waals surface area contributed by atoms with E-state index >= 15 is 0 Å². The fourth-order valence-corrected chi connectivity index (χ4v) is 3.63. The van der Waals surface area contributed by atoms with Crippen molar-refractivity contribution in [2.45, 2.75) is 12.6 Å². The molecule has 6 heteroatoms. The van der Waals surface area contributed by atoms with Crippen molar-refractivity contribution in [3.05, 3.63) is 53.0 Å². The summed E-state index contributed by atoms with van der Waals surface area (Å²) >= 11 is 1.70. The van der Waals surface area contributed by atoms with Crippen molar-refractivity contribution in [2.75, 3.05) is 20.3 Å². The average molecular weight is 342 g/mol. The van der Waals surface area contributed by atoms with Gasteiger partial charge < -0.3 is 18.8 Å². The first kappa shape index (κ1) is 15.2. The number of ether oxygens (including phenoxy) is 3. The van der Waals surface area contributed by atoms with E-state index in [0.717, 1.165) is 22.9 Å². The van der Waals surface area contributed by atoms with E-state index < -0.39 is 0 Å². The predicted molar refractivity (Wildman–Crippen MR) is 92.7 cm³/mol. The molecule has 0 saturated heterocycles. The minimum absolute atomic E-state index is 0.00941. The Morgan fingerprint density at radius 1 is 1.25 bits per heavy atom. The maximum Gasteiger partial charge on any atom is 0.162 e. The number of imidazole rings is 1. The third-order valence-electron chi connectivity index (χ3n) is 4.02. The molecule has 0 aliphatic carbocycles. The third-order valence-corrected chi connectivity index (χ3v) is 4.99. The maximum absolute atomic E-state index is 5.68. The Hall–Kier alpha value is -2.31. The SMILES string of the molecule is COC(Cn1ccnc1-c1ccc2c(c1)OCCO2)c1cccs1. The van der Waals surface area contributed by atoms with Crippen LogP contribution in [-0.2, 0) is 11.3 Å². The number of hydrogen-bond acceptors (Lipinski definition) is 5. The van der Waals surface area contributed by atoms with Crippen LogP contribution in [0, 0.1) is 0 Å². The number of hydrogen-bond donors (Lipinski definition) is 0. The highest BCUT2D eigenvalue weighted by Crippen LogP contribution is 2.34. The Balaban J connectivity index is 1.63. The number of methoxy groups -OCH3 is 1. The van der Waals surface area contributed by atoms with Gasteiger partial charge in [-0.05, 0) is 29.6 Å². The van der Waals surface area contributed by atoms with Crippen molar-refractivity contribution in [3.8, 4) is 22.9 Å². The first-order valence-electron chi connectivity index (χ1n) is 7.82. The lowest BCUT2D eigenvalue weighted by molar-refractivity contribution is 0.0911. The van der Waals surface area contributed by atoms with Crippen molar-refractivity contribution < 1.29 is 14.2 Å². The second-order valence-electron chi connectivity index (χ2n) is 5.50. The van der Waals surface area contributed by atoms with Gasteiger partial charge in [0.2, 0.25) is 0 Å². The van der Waals surface area contributed by atoms with Crippen LogP contribution in [0.1, 0.15) is 11.0 Å². The van der Waals surface area contributed by atoms with Crippen molar-refractivity contribution in [1.29, 1.82) is 0 Å². The number of aromatic nitrogens is 2. The smallest absolute Gasteiger partial charge is 0.162 e. The van der Waals surface area contributed by atoms with Gasteiger partial charge in [0.05, 0.1) is 6.54 Å². The Labute approximate surface area is 144 Å². The molecule has 1 aromatic carbocycles. The molecule has 24 heavy (non-hydrogen) atoms. The molecule has 3 heterocycles. The van der Waals surface area contributed by atoms with E-state index in [0.29, 0.717) is 19.8 Å². The lowest BCUT2D eigenvalue weighted by Gasteiger charge is -2.20. The van der Waals surface area contributed by atoms with Crippen molar-refractivity contribution >= 4 is 11.3 Å². The van der Waals surface area contributed by atoms with Crippen molar-refractivity contribution in [2.24, 2.45) is 0 Å². The summed E-state index contributed by atoms with van der Waals surface area (Å²) < 4.78 is 19.0. The Bertz CT molecular complexity index is 814. The van der Waals surface area contributed by atoms with Gasteiger partial charge in [-0.3, -0.25) is 0 Å². The minimum atomic E-state index is 0.00941. The Morgan fingerprint density at radius 2 is 2.12 bits per heavy atom. The molecule has 4 rings (SSSR count). The summed E-state index contributed by atoms with van der Waals surface area (Å²) in [5.74, 6) is 2.46. The highest BCUT2D eigenvalue weighted by Gasteiger charge is 2.17. The summed E-state index contributed by atoms with van der Waals surface area (Å²) in [6.07, 6.45) is 3.80. The summed E-state index contributed by atoms with van der Waals surface area (Å²) in [4.78, 5) is 5.73. The molecule has 0 spiro atoms. The first-order chi connectivity index (χ1) is 11.8. The van der Waals surface area contributed by atoms with Crippen LogP contribution in [0.25, 0.3) is 11.4 Å². The maximum atomic E-state index is 5.68. The monoisotopic (exact) mass is 342 g/mol. The number of rotatable bonds is 5. The van der Waals surface area contributed by atoms with E-state index in [2.05, 4.69) is 21.0 Å². The van der Waals surface area contributed by atoms with Gasteiger partial charge in [-0.1, -0.05) is 6.07 Å². The van der Waals surface area contributed by atoms with Gasteiger partial charge >= 0.3 is 0 Å². The number of nitrogens with zero attached hydrogens (tertiary/aromatic N) is 2. The normalized spacial score (nSPS) is 14.5. The highest BCUT2D eigenvalue weighted by atomic mass is 32.1. The summed E-state index contributed by atoms with van der Waals surface area (Å²) in [5.41, 5.74) is 1.00.